The molecule has 6 heteroatoms. The van der Waals surface area contributed by atoms with Gasteiger partial charge in [-0.1, -0.05) is 0 Å². The van der Waals surface area contributed by atoms with E-state index in [0.29, 0.717) is 18.9 Å². The monoisotopic (exact) mass is 212 g/mol. The van der Waals surface area contributed by atoms with E-state index in [1.165, 1.54) is 13.3 Å². The molecule has 0 saturated carbocycles. The van der Waals surface area contributed by atoms with Gasteiger partial charge in [0.05, 0.1) is 13.7 Å². The molecule has 6 nitrogen and oxygen atoms in total. The summed E-state index contributed by atoms with van der Waals surface area (Å²) < 4.78 is 9.25. The van der Waals surface area contributed by atoms with Gasteiger partial charge in [-0.05, 0) is 0 Å². The second-order valence-electron chi connectivity index (χ2n) is 2.81. The van der Waals surface area contributed by atoms with Crippen molar-refractivity contribution in [3.63, 3.8) is 0 Å². The average Bonchev–Trinajstić information content (AvgIpc) is 2.25. The molecule has 0 unspecified atom stereocenters. The van der Waals surface area contributed by atoms with Crippen molar-refractivity contribution in [2.24, 2.45) is 0 Å². The van der Waals surface area contributed by atoms with Gasteiger partial charge in [-0.3, -0.25) is 4.79 Å². The maximum absolute atomic E-state index is 11.4. The Bertz CT molecular complexity index is 399. The molecule has 0 aliphatic carbocycles. The van der Waals surface area contributed by atoms with E-state index in [2.05, 4.69) is 14.7 Å². The molecule has 1 aromatic heterocycles. The number of hydrogen-bond donors (Lipinski definition) is 1. The van der Waals surface area contributed by atoms with Gasteiger partial charge in [0.1, 0.15) is 11.4 Å². The molecular weight excluding hydrogens is 200 g/mol. The quantitative estimate of drug-likeness (QED) is 0.696. The number of ether oxygens (including phenoxy) is 2. The van der Waals surface area contributed by atoms with Crippen molar-refractivity contribution in [1.82, 2.24) is 9.97 Å². The fraction of sp³-hybridized carbons (Fsp3) is 0.444. The van der Waals surface area contributed by atoms with E-state index in [0.717, 1.165) is 0 Å². The number of H-pyrrole nitrogens is 1. The van der Waals surface area contributed by atoms with E-state index in [1.807, 2.05) is 0 Å². The molecule has 0 aromatic carbocycles. The molecule has 0 amide bonds. The summed E-state index contributed by atoms with van der Waals surface area (Å²) in [5, 5.41) is 0. The van der Waals surface area contributed by atoms with Gasteiger partial charge in [-0.2, -0.15) is 0 Å². The highest BCUT2D eigenvalue weighted by molar-refractivity contribution is 5.88. The molecule has 0 bridgehead atoms. The number of carbonyl (C=O) groups is 1. The SMILES string of the molecule is COCCc1ncc(C(=O)OC)c(=O)[nH]1. The van der Waals surface area contributed by atoms with Crippen LogP contribution in [0.5, 0.6) is 0 Å². The Hall–Kier alpha value is -1.69. The fourth-order valence-corrected chi connectivity index (χ4v) is 1.01. The van der Waals surface area contributed by atoms with Crippen LogP contribution in [0.2, 0.25) is 0 Å². The molecule has 82 valence electrons. The van der Waals surface area contributed by atoms with Crippen LogP contribution in [0.4, 0.5) is 0 Å². The van der Waals surface area contributed by atoms with Gasteiger partial charge >= 0.3 is 5.97 Å². The third-order valence-corrected chi connectivity index (χ3v) is 1.80. The van der Waals surface area contributed by atoms with E-state index in [-0.39, 0.29) is 5.56 Å². The van der Waals surface area contributed by atoms with Gasteiger partial charge in [0.15, 0.2) is 0 Å². The normalized spacial score (nSPS) is 10.0. The maximum Gasteiger partial charge on any atom is 0.345 e. The van der Waals surface area contributed by atoms with Gasteiger partial charge in [0, 0.05) is 19.7 Å². The minimum absolute atomic E-state index is 0.0985. The number of hydrogen-bond acceptors (Lipinski definition) is 5. The predicted octanol–water partition coefficient (Wildman–Crippen LogP) is -0.255. The summed E-state index contributed by atoms with van der Waals surface area (Å²) in [5.74, 6) is -0.212. The summed E-state index contributed by atoms with van der Waals surface area (Å²) in [5.41, 5.74) is -0.596. The first-order valence-corrected chi connectivity index (χ1v) is 4.34. The zero-order valence-corrected chi connectivity index (χ0v) is 8.57. The molecule has 0 radical (unpaired) electrons. The average molecular weight is 212 g/mol. The number of aromatic amines is 1. The molecule has 0 aliphatic rings. The highest BCUT2D eigenvalue weighted by Gasteiger charge is 2.11. The van der Waals surface area contributed by atoms with Crippen LogP contribution in [0.15, 0.2) is 11.0 Å². The van der Waals surface area contributed by atoms with Crippen molar-refractivity contribution in [2.45, 2.75) is 6.42 Å². The highest BCUT2D eigenvalue weighted by Crippen LogP contribution is 1.93. The molecule has 0 spiro atoms. The summed E-state index contributed by atoms with van der Waals surface area (Å²) in [7, 11) is 2.77. The number of esters is 1. The molecule has 1 N–H and O–H groups in total. The van der Waals surface area contributed by atoms with E-state index in [1.54, 1.807) is 7.11 Å². The van der Waals surface area contributed by atoms with Crippen molar-refractivity contribution in [3.8, 4) is 0 Å². The Labute approximate surface area is 86.2 Å². The smallest absolute Gasteiger partial charge is 0.345 e. The first kappa shape index (κ1) is 11.4. The molecule has 0 saturated heterocycles. The Morgan fingerprint density at radius 1 is 1.53 bits per heavy atom. The van der Waals surface area contributed by atoms with Gasteiger partial charge in [-0.25, -0.2) is 9.78 Å². The Kier molecular flexibility index (Phi) is 3.99. The maximum atomic E-state index is 11.4. The second-order valence-corrected chi connectivity index (χ2v) is 2.81. The summed E-state index contributed by atoms with van der Waals surface area (Å²) in [6.07, 6.45) is 1.70. The lowest BCUT2D eigenvalue weighted by molar-refractivity contribution is 0.0598. The Morgan fingerprint density at radius 2 is 2.27 bits per heavy atom. The van der Waals surface area contributed by atoms with E-state index in [9.17, 15) is 9.59 Å². The first-order valence-electron chi connectivity index (χ1n) is 4.34. The third kappa shape index (κ3) is 2.88. The van der Waals surface area contributed by atoms with Crippen LogP contribution in [0.3, 0.4) is 0 Å². The van der Waals surface area contributed by atoms with Crippen molar-refractivity contribution in [3.05, 3.63) is 27.9 Å². The number of carbonyl (C=O) groups excluding carboxylic acids is 1. The lowest BCUT2D eigenvalue weighted by Crippen LogP contribution is -2.21. The Morgan fingerprint density at radius 3 is 2.80 bits per heavy atom. The molecule has 0 aliphatic heterocycles. The van der Waals surface area contributed by atoms with Crippen LogP contribution in [0.1, 0.15) is 16.2 Å². The van der Waals surface area contributed by atoms with Gasteiger partial charge in [0.2, 0.25) is 0 Å². The predicted molar refractivity (Wildman–Crippen MR) is 51.8 cm³/mol. The van der Waals surface area contributed by atoms with Gasteiger partial charge in [0.25, 0.3) is 5.56 Å². The highest BCUT2D eigenvalue weighted by atomic mass is 16.5. The lowest BCUT2D eigenvalue weighted by Gasteiger charge is -2.01. The van der Waals surface area contributed by atoms with Crippen LogP contribution >= 0.6 is 0 Å². The Balaban J connectivity index is 2.88. The van der Waals surface area contributed by atoms with Crippen molar-refractivity contribution >= 4 is 5.97 Å². The molecular formula is C9H12N2O4. The van der Waals surface area contributed by atoms with Crippen molar-refractivity contribution in [2.75, 3.05) is 20.8 Å². The molecule has 1 aromatic rings. The molecule has 15 heavy (non-hydrogen) atoms. The minimum Gasteiger partial charge on any atom is -0.465 e. The van der Waals surface area contributed by atoms with Crippen LogP contribution in [0.25, 0.3) is 0 Å². The van der Waals surface area contributed by atoms with Crippen molar-refractivity contribution in [1.29, 1.82) is 0 Å². The number of rotatable bonds is 4. The summed E-state index contributed by atoms with van der Waals surface area (Å²) in [6.45, 7) is 0.459. The molecule has 1 heterocycles. The fourth-order valence-electron chi connectivity index (χ4n) is 1.01. The zero-order chi connectivity index (χ0) is 11.3. The van der Waals surface area contributed by atoms with Crippen LogP contribution < -0.4 is 5.56 Å². The molecule has 0 fully saturated rings. The lowest BCUT2D eigenvalue weighted by atomic mass is 10.3. The number of methoxy groups -OCH3 is 2. The van der Waals surface area contributed by atoms with E-state index in [4.69, 9.17) is 4.74 Å². The van der Waals surface area contributed by atoms with E-state index < -0.39 is 11.5 Å². The number of nitrogens with one attached hydrogen (secondary N) is 1. The van der Waals surface area contributed by atoms with Crippen LogP contribution in [0, 0.1) is 0 Å². The zero-order valence-electron chi connectivity index (χ0n) is 8.57. The third-order valence-electron chi connectivity index (χ3n) is 1.80. The van der Waals surface area contributed by atoms with Gasteiger partial charge in [-0.15, -0.1) is 0 Å². The van der Waals surface area contributed by atoms with Gasteiger partial charge < -0.3 is 14.5 Å². The summed E-state index contributed by atoms with van der Waals surface area (Å²) in [6, 6.07) is 0. The largest absolute Gasteiger partial charge is 0.465 e. The number of nitrogens with zero attached hydrogens (tertiary/aromatic N) is 1. The molecule has 0 atom stereocenters. The number of aromatic nitrogens is 2. The summed E-state index contributed by atoms with van der Waals surface area (Å²) >= 11 is 0. The second kappa shape index (κ2) is 5.26. The standard InChI is InChI=1S/C9H12N2O4/c1-14-4-3-7-10-5-6(8(12)11-7)9(13)15-2/h5H,3-4H2,1-2H3,(H,10,11,12). The van der Waals surface area contributed by atoms with E-state index >= 15 is 0 Å². The molecule has 1 rings (SSSR count). The van der Waals surface area contributed by atoms with Crippen LogP contribution in [-0.4, -0.2) is 36.8 Å². The van der Waals surface area contributed by atoms with Crippen molar-refractivity contribution < 1.29 is 14.3 Å². The minimum atomic E-state index is -0.693. The summed E-state index contributed by atoms with van der Waals surface area (Å²) in [4.78, 5) is 28.8. The van der Waals surface area contributed by atoms with Crippen LogP contribution in [-0.2, 0) is 15.9 Å². The topological polar surface area (TPSA) is 81.3 Å². The first-order chi connectivity index (χ1) is 7.19.